The summed E-state index contributed by atoms with van der Waals surface area (Å²) < 4.78 is 2.63. The molecular weight excluding hydrogens is 731 g/mol. The number of benzene rings is 9. The van der Waals surface area contributed by atoms with E-state index in [2.05, 4.69) is 200 Å². The molecule has 10 aromatic rings. The van der Waals surface area contributed by atoms with E-state index in [0.29, 0.717) is 0 Å². The van der Waals surface area contributed by atoms with Gasteiger partial charge >= 0.3 is 0 Å². The summed E-state index contributed by atoms with van der Waals surface area (Å²) in [6.07, 6.45) is 0. The zero-order valence-corrected chi connectivity index (χ0v) is 33.5. The third-order valence-electron chi connectivity index (χ3n) is 12.4. The van der Waals surface area contributed by atoms with Crippen LogP contribution in [0, 0.1) is 0 Å². The smallest absolute Gasteiger partial charge is 0.103 e. The molecule has 12 rings (SSSR count). The number of thiophene rings is 1. The van der Waals surface area contributed by atoms with Crippen molar-refractivity contribution in [2.45, 2.75) is 21.8 Å². The molecule has 3 heterocycles. The summed E-state index contributed by atoms with van der Waals surface area (Å²) in [6, 6.07) is 71.2. The quantitative estimate of drug-likeness (QED) is 0.130. The first kappa shape index (κ1) is 32.3. The normalized spacial score (nSPS) is 15.1. The Hall–Kier alpha value is -5.91. The van der Waals surface area contributed by atoms with Gasteiger partial charge in [0, 0.05) is 36.6 Å². The Morgan fingerprint density at radius 2 is 1.07 bits per heavy atom. The highest BCUT2D eigenvalue weighted by atomic mass is 32.2. The Kier molecular flexibility index (Phi) is 7.10. The molecule has 0 bridgehead atoms. The van der Waals surface area contributed by atoms with Crippen molar-refractivity contribution in [3.05, 3.63) is 210 Å². The van der Waals surface area contributed by atoms with Crippen molar-refractivity contribution < 1.29 is 0 Å². The maximum absolute atomic E-state index is 2.62. The minimum absolute atomic E-state index is 0.447. The molecule has 4 heteroatoms. The van der Waals surface area contributed by atoms with Crippen LogP contribution in [0.15, 0.2) is 198 Å². The van der Waals surface area contributed by atoms with E-state index in [-0.39, 0.29) is 0 Å². The number of fused-ring (bicyclic) bond motifs is 14. The Morgan fingerprint density at radius 1 is 0.464 bits per heavy atom. The van der Waals surface area contributed by atoms with Gasteiger partial charge in [0.2, 0.25) is 0 Å². The monoisotopic (exact) mass is 765 g/mol. The highest BCUT2D eigenvalue weighted by Gasteiger charge is 2.50. The van der Waals surface area contributed by atoms with Gasteiger partial charge in [-0.25, -0.2) is 0 Å². The summed E-state index contributed by atoms with van der Waals surface area (Å²) in [6.45, 7) is 2.56. The molecule has 0 radical (unpaired) electrons. The molecule has 0 saturated heterocycles. The lowest BCUT2D eigenvalue weighted by Crippen LogP contribution is -2.56. The molecule has 0 aliphatic carbocycles. The lowest BCUT2D eigenvalue weighted by Gasteiger charge is -2.48. The first-order valence-corrected chi connectivity index (χ1v) is 23.4. The number of anilines is 3. The van der Waals surface area contributed by atoms with Crippen LogP contribution in [0.3, 0.4) is 0 Å². The maximum Gasteiger partial charge on any atom is 0.103 e. The molecule has 1 aromatic heterocycles. The van der Waals surface area contributed by atoms with Gasteiger partial charge in [-0.1, -0.05) is 169 Å². The van der Waals surface area contributed by atoms with Gasteiger partial charge in [0.05, 0.1) is 15.8 Å². The van der Waals surface area contributed by atoms with Gasteiger partial charge in [-0.3, -0.25) is 0 Å². The van der Waals surface area contributed by atoms with Gasteiger partial charge in [-0.2, -0.15) is 0 Å². The van der Waals surface area contributed by atoms with E-state index in [9.17, 15) is 0 Å². The van der Waals surface area contributed by atoms with Crippen molar-refractivity contribution in [3.63, 3.8) is 0 Å². The fraction of sp³-hybridized carbons (Fsp3) is 0.0385. The third-order valence-corrected chi connectivity index (χ3v) is 17.7. The summed E-state index contributed by atoms with van der Waals surface area (Å²) in [7, 11) is -1.78. The molecule has 1 atom stereocenters. The molecule has 0 N–H and O–H groups in total. The van der Waals surface area contributed by atoms with Crippen LogP contribution in [0.4, 0.5) is 17.1 Å². The fourth-order valence-corrected chi connectivity index (χ4v) is 15.4. The zero-order valence-electron chi connectivity index (χ0n) is 30.7. The van der Waals surface area contributed by atoms with Crippen molar-refractivity contribution in [1.82, 2.24) is 0 Å². The van der Waals surface area contributed by atoms with Gasteiger partial charge in [0.1, 0.15) is 8.80 Å². The number of rotatable bonds is 3. The average molecular weight is 766 g/mol. The first-order chi connectivity index (χ1) is 27.7. The van der Waals surface area contributed by atoms with E-state index in [4.69, 9.17) is 0 Å². The minimum atomic E-state index is -1.78. The lowest BCUT2D eigenvalue weighted by atomic mass is 9.64. The minimum Gasteiger partial charge on any atom is -0.309 e. The van der Waals surface area contributed by atoms with E-state index in [0.717, 1.165) is 0 Å². The summed E-state index contributed by atoms with van der Waals surface area (Å²) in [5, 5.41) is 10.8. The largest absolute Gasteiger partial charge is 0.309 e. The summed E-state index contributed by atoms with van der Waals surface area (Å²) in [5.74, 6) is 0. The van der Waals surface area contributed by atoms with E-state index in [1.54, 1.807) is 0 Å². The molecule has 56 heavy (non-hydrogen) atoms. The topological polar surface area (TPSA) is 3.24 Å². The maximum atomic E-state index is 2.62. The molecule has 1 nitrogen and oxygen atoms in total. The highest BCUT2D eigenvalue weighted by molar-refractivity contribution is 7.99. The van der Waals surface area contributed by atoms with Crippen LogP contribution in [0.2, 0.25) is 6.55 Å². The number of hydrogen-bond donors (Lipinski definition) is 0. The second kappa shape index (κ2) is 12.3. The fourth-order valence-electron chi connectivity index (χ4n) is 10.1. The summed E-state index contributed by atoms with van der Waals surface area (Å²) in [4.78, 5) is 5.29. The van der Waals surface area contributed by atoms with E-state index in [1.807, 2.05) is 23.1 Å². The second-order valence-electron chi connectivity index (χ2n) is 15.2. The van der Waals surface area contributed by atoms with Crippen molar-refractivity contribution in [2.75, 3.05) is 4.90 Å². The molecule has 264 valence electrons. The van der Waals surface area contributed by atoms with Gasteiger partial charge in [0.25, 0.3) is 0 Å². The Balaban J connectivity index is 1.21. The highest BCUT2D eigenvalue weighted by Crippen LogP contribution is 2.57. The van der Waals surface area contributed by atoms with Crippen LogP contribution in [0.1, 0.15) is 22.3 Å². The summed E-state index contributed by atoms with van der Waals surface area (Å²) in [5.41, 5.74) is 8.88. The van der Waals surface area contributed by atoms with E-state index >= 15 is 0 Å². The number of nitrogens with zero attached hydrogens (tertiary/aromatic N) is 1. The Morgan fingerprint density at radius 3 is 1.91 bits per heavy atom. The van der Waals surface area contributed by atoms with Gasteiger partial charge in [0.15, 0.2) is 0 Å². The first-order valence-electron chi connectivity index (χ1n) is 19.4. The predicted octanol–water partition coefficient (Wildman–Crippen LogP) is 13.0. The van der Waals surface area contributed by atoms with Crippen LogP contribution < -0.4 is 15.3 Å². The molecule has 0 fully saturated rings. The van der Waals surface area contributed by atoms with Crippen LogP contribution in [0.25, 0.3) is 41.7 Å². The lowest BCUT2D eigenvalue weighted by molar-refractivity contribution is 0.707. The average Bonchev–Trinajstić information content (AvgIpc) is 3.65. The van der Waals surface area contributed by atoms with Crippen molar-refractivity contribution in [3.8, 4) is 0 Å². The zero-order chi connectivity index (χ0) is 37.0. The molecule has 1 spiro atoms. The van der Waals surface area contributed by atoms with Gasteiger partial charge in [-0.05, 0) is 91.4 Å². The standard InChI is InChI=1S/C52H35NS2Si/c1-56-49-27-11-7-20-42(49)52(40-18-5-9-25-47(40)54-48-26-10-6-19-41(48)52)43-21-13-23-45(51(43)56)53(44-22-12-17-39-38-16-4-8-24-46(38)55-50(39)44)35-30-31-37-34(32-35)29-28-33-14-2-3-15-36(33)37/h2-32,56H,1H3. The van der Waals surface area contributed by atoms with Crippen molar-refractivity contribution in [2.24, 2.45) is 0 Å². The van der Waals surface area contributed by atoms with E-state index < -0.39 is 14.2 Å². The van der Waals surface area contributed by atoms with E-state index in [1.165, 1.54) is 101 Å². The molecule has 0 saturated carbocycles. The van der Waals surface area contributed by atoms with Crippen molar-refractivity contribution >= 4 is 101 Å². The molecule has 9 aromatic carbocycles. The van der Waals surface area contributed by atoms with Crippen LogP contribution in [-0.4, -0.2) is 8.80 Å². The van der Waals surface area contributed by atoms with Crippen molar-refractivity contribution in [1.29, 1.82) is 0 Å². The number of hydrogen-bond acceptors (Lipinski definition) is 3. The van der Waals surface area contributed by atoms with Gasteiger partial charge < -0.3 is 4.90 Å². The van der Waals surface area contributed by atoms with Gasteiger partial charge in [-0.15, -0.1) is 11.3 Å². The van der Waals surface area contributed by atoms with Crippen LogP contribution >= 0.6 is 23.1 Å². The molecule has 2 aliphatic heterocycles. The summed E-state index contributed by atoms with van der Waals surface area (Å²) >= 11 is 3.82. The Labute approximate surface area is 336 Å². The molecule has 2 aliphatic rings. The predicted molar refractivity (Wildman–Crippen MR) is 244 cm³/mol. The third kappa shape index (κ3) is 4.43. The van der Waals surface area contributed by atoms with Crippen LogP contribution in [-0.2, 0) is 5.41 Å². The SMILES string of the molecule is C[SiH]1c2ccccc2C2(c3ccccc3Sc3ccccc32)c2cccc(N(c3ccc4c(ccc5ccccc54)c3)c3cccc4c3sc3ccccc34)c21. The molecule has 1 unspecified atom stereocenters. The molecular formula is C52H35NS2Si. The van der Waals surface area contributed by atoms with Crippen LogP contribution in [0.5, 0.6) is 0 Å². The Bertz CT molecular complexity index is 3190. The molecule has 0 amide bonds. The second-order valence-corrected chi connectivity index (χ2v) is 19.9.